The summed E-state index contributed by atoms with van der Waals surface area (Å²) in [5.41, 5.74) is 3.00. The van der Waals surface area contributed by atoms with Gasteiger partial charge in [0.2, 0.25) is 0 Å². The minimum Gasteiger partial charge on any atom is -0.485 e. The molecule has 0 radical (unpaired) electrons. The summed E-state index contributed by atoms with van der Waals surface area (Å²) in [5.74, 6) is 1.14. The third-order valence-electron chi connectivity index (χ3n) is 3.65. The Hall–Kier alpha value is -2.63. The zero-order valence-corrected chi connectivity index (χ0v) is 15.8. The summed E-state index contributed by atoms with van der Waals surface area (Å²) >= 11 is 11.5. The molecule has 1 heterocycles. The Morgan fingerprint density at radius 3 is 2.58 bits per heavy atom. The van der Waals surface area contributed by atoms with E-state index in [9.17, 15) is 0 Å². The first-order valence-electron chi connectivity index (χ1n) is 8.08. The highest BCUT2D eigenvalue weighted by molar-refractivity contribution is 7.80. The van der Waals surface area contributed by atoms with E-state index in [1.54, 1.807) is 6.20 Å². The molecule has 0 atom stereocenters. The number of anilines is 2. The largest absolute Gasteiger partial charge is 0.485 e. The van der Waals surface area contributed by atoms with Crippen LogP contribution in [0.4, 0.5) is 11.5 Å². The second-order valence-electron chi connectivity index (χ2n) is 5.68. The predicted molar refractivity (Wildman–Crippen MR) is 111 cm³/mol. The molecule has 0 fully saturated rings. The first-order chi connectivity index (χ1) is 12.6. The lowest BCUT2D eigenvalue weighted by molar-refractivity contribution is 0.307. The fraction of sp³-hybridized carbons (Fsp3) is 0.100. The Bertz CT molecular complexity index is 900. The molecule has 0 saturated heterocycles. The van der Waals surface area contributed by atoms with Gasteiger partial charge in [0.25, 0.3) is 0 Å². The Kier molecular flexibility index (Phi) is 6.04. The third kappa shape index (κ3) is 4.94. The smallest absolute Gasteiger partial charge is 0.176 e. The number of rotatable bonds is 5. The molecule has 0 aliphatic heterocycles. The maximum Gasteiger partial charge on any atom is 0.176 e. The summed E-state index contributed by atoms with van der Waals surface area (Å²) in [6.45, 7) is 2.38. The molecule has 3 rings (SSSR count). The summed E-state index contributed by atoms with van der Waals surface area (Å²) in [6.07, 6.45) is 1.68. The topological polar surface area (TPSA) is 46.2 Å². The third-order valence-corrected chi connectivity index (χ3v) is 4.23. The summed E-state index contributed by atoms with van der Waals surface area (Å²) < 4.78 is 5.87. The Morgan fingerprint density at radius 1 is 1.04 bits per heavy atom. The number of nitrogens with one attached hydrogen (secondary N) is 2. The van der Waals surface area contributed by atoms with Gasteiger partial charge in [-0.25, -0.2) is 4.98 Å². The van der Waals surface area contributed by atoms with Crippen molar-refractivity contribution in [2.45, 2.75) is 13.5 Å². The van der Waals surface area contributed by atoms with Gasteiger partial charge >= 0.3 is 0 Å². The monoisotopic (exact) mass is 383 g/mol. The van der Waals surface area contributed by atoms with Crippen LogP contribution >= 0.6 is 23.8 Å². The number of pyridine rings is 1. The van der Waals surface area contributed by atoms with Crippen LogP contribution in [0.5, 0.6) is 5.75 Å². The molecule has 0 bridgehead atoms. The van der Waals surface area contributed by atoms with Crippen molar-refractivity contribution in [1.82, 2.24) is 4.98 Å². The zero-order chi connectivity index (χ0) is 18.4. The van der Waals surface area contributed by atoms with E-state index >= 15 is 0 Å². The van der Waals surface area contributed by atoms with Crippen molar-refractivity contribution in [2.24, 2.45) is 0 Å². The minimum atomic E-state index is 0.345. The molecular formula is C20H18ClN3OS. The normalized spacial score (nSPS) is 10.2. The van der Waals surface area contributed by atoms with Crippen LogP contribution in [-0.2, 0) is 6.61 Å². The molecule has 132 valence electrons. The van der Waals surface area contributed by atoms with Crippen molar-refractivity contribution in [2.75, 3.05) is 10.6 Å². The van der Waals surface area contributed by atoms with Crippen molar-refractivity contribution in [3.05, 3.63) is 83.0 Å². The van der Waals surface area contributed by atoms with Gasteiger partial charge in [-0.1, -0.05) is 47.5 Å². The van der Waals surface area contributed by atoms with E-state index in [2.05, 4.69) is 15.6 Å². The van der Waals surface area contributed by atoms with Gasteiger partial charge in [-0.15, -0.1) is 0 Å². The number of benzene rings is 2. The van der Waals surface area contributed by atoms with E-state index < -0.39 is 0 Å². The van der Waals surface area contributed by atoms with Crippen LogP contribution in [-0.4, -0.2) is 10.1 Å². The number of aromatic nitrogens is 1. The highest BCUT2D eigenvalue weighted by Gasteiger charge is 2.08. The molecule has 2 aromatic carbocycles. The molecule has 0 unspecified atom stereocenters. The molecule has 6 heteroatoms. The second kappa shape index (κ2) is 8.65. The average molecular weight is 384 g/mol. The minimum absolute atomic E-state index is 0.345. The summed E-state index contributed by atoms with van der Waals surface area (Å²) in [4.78, 5) is 4.31. The van der Waals surface area contributed by atoms with Gasteiger partial charge in [0.15, 0.2) is 16.7 Å². The van der Waals surface area contributed by atoms with Gasteiger partial charge in [-0.05, 0) is 49.5 Å². The summed E-state index contributed by atoms with van der Waals surface area (Å²) in [5, 5.41) is 7.32. The Morgan fingerprint density at radius 2 is 1.81 bits per heavy atom. The maximum absolute atomic E-state index is 6.17. The lowest BCUT2D eigenvalue weighted by Gasteiger charge is -2.14. The van der Waals surface area contributed by atoms with Gasteiger partial charge in [-0.3, -0.25) is 0 Å². The number of halogens is 1. The standard InChI is InChI=1S/C20H18ClN3OS/c1-14-8-10-16(11-9-14)23-20(26)24-19-18(7-4-12-22-19)25-13-15-5-2-3-6-17(15)21/h2-12H,13H2,1H3,(H2,22,23,24,26). The van der Waals surface area contributed by atoms with Crippen LogP contribution in [0.1, 0.15) is 11.1 Å². The molecule has 0 saturated carbocycles. The first kappa shape index (κ1) is 18.2. The van der Waals surface area contributed by atoms with E-state index in [0.29, 0.717) is 28.3 Å². The fourth-order valence-electron chi connectivity index (χ4n) is 2.28. The molecule has 2 N–H and O–H groups in total. The summed E-state index contributed by atoms with van der Waals surface area (Å²) in [7, 11) is 0. The number of nitrogens with zero attached hydrogens (tertiary/aromatic N) is 1. The lowest BCUT2D eigenvalue weighted by Crippen LogP contribution is -2.20. The molecule has 0 spiro atoms. The number of hydrogen-bond donors (Lipinski definition) is 2. The van der Waals surface area contributed by atoms with E-state index in [4.69, 9.17) is 28.6 Å². The number of hydrogen-bond acceptors (Lipinski definition) is 3. The van der Waals surface area contributed by atoms with E-state index in [1.165, 1.54) is 5.56 Å². The number of thiocarbonyl (C=S) groups is 1. The highest BCUT2D eigenvalue weighted by atomic mass is 35.5. The van der Waals surface area contributed by atoms with Gasteiger partial charge < -0.3 is 15.4 Å². The van der Waals surface area contributed by atoms with Crippen molar-refractivity contribution >= 4 is 40.4 Å². The molecule has 4 nitrogen and oxygen atoms in total. The molecule has 0 aliphatic carbocycles. The molecule has 26 heavy (non-hydrogen) atoms. The van der Waals surface area contributed by atoms with Crippen molar-refractivity contribution in [3.63, 3.8) is 0 Å². The maximum atomic E-state index is 6.17. The van der Waals surface area contributed by atoms with Crippen molar-refractivity contribution < 1.29 is 4.74 Å². The van der Waals surface area contributed by atoms with Gasteiger partial charge in [-0.2, -0.15) is 0 Å². The van der Waals surface area contributed by atoms with E-state index in [-0.39, 0.29) is 0 Å². The van der Waals surface area contributed by atoms with Crippen LogP contribution in [0.2, 0.25) is 5.02 Å². The number of aryl methyl sites for hydroxylation is 1. The molecule has 0 aliphatic rings. The van der Waals surface area contributed by atoms with E-state index in [1.807, 2.05) is 67.6 Å². The molecule has 3 aromatic rings. The number of ether oxygens (including phenoxy) is 1. The Labute approximate surface area is 163 Å². The summed E-state index contributed by atoms with van der Waals surface area (Å²) in [6, 6.07) is 19.2. The lowest BCUT2D eigenvalue weighted by atomic mass is 10.2. The van der Waals surface area contributed by atoms with Gasteiger partial charge in [0.1, 0.15) is 6.61 Å². The predicted octanol–water partition coefficient (Wildman–Crippen LogP) is 5.43. The van der Waals surface area contributed by atoms with Gasteiger partial charge in [0.05, 0.1) is 0 Å². The van der Waals surface area contributed by atoms with Crippen LogP contribution in [0.3, 0.4) is 0 Å². The fourth-order valence-corrected chi connectivity index (χ4v) is 2.68. The molecular weight excluding hydrogens is 366 g/mol. The van der Waals surface area contributed by atoms with Crippen LogP contribution < -0.4 is 15.4 Å². The molecule has 0 amide bonds. The zero-order valence-electron chi connectivity index (χ0n) is 14.2. The quantitative estimate of drug-likeness (QED) is 0.575. The van der Waals surface area contributed by atoms with Crippen molar-refractivity contribution in [1.29, 1.82) is 0 Å². The van der Waals surface area contributed by atoms with Crippen molar-refractivity contribution in [3.8, 4) is 5.75 Å². The van der Waals surface area contributed by atoms with Crippen LogP contribution in [0.15, 0.2) is 66.9 Å². The SMILES string of the molecule is Cc1ccc(NC(=S)Nc2ncccc2OCc2ccccc2Cl)cc1. The Balaban J connectivity index is 1.65. The van der Waals surface area contributed by atoms with Crippen LogP contribution in [0, 0.1) is 6.92 Å². The highest BCUT2D eigenvalue weighted by Crippen LogP contribution is 2.24. The average Bonchev–Trinajstić information content (AvgIpc) is 2.64. The van der Waals surface area contributed by atoms with Gasteiger partial charge in [0, 0.05) is 22.5 Å². The van der Waals surface area contributed by atoms with E-state index in [0.717, 1.165) is 11.3 Å². The second-order valence-corrected chi connectivity index (χ2v) is 6.49. The molecule has 1 aromatic heterocycles. The van der Waals surface area contributed by atoms with Crippen LogP contribution in [0.25, 0.3) is 0 Å². The first-order valence-corrected chi connectivity index (χ1v) is 8.86.